The van der Waals surface area contributed by atoms with Crippen LogP contribution in [0.1, 0.15) is 0 Å². The molecular formula is C100H66N4. The predicted octanol–water partition coefficient (Wildman–Crippen LogP) is 26.9. The highest BCUT2D eigenvalue weighted by atomic mass is 15.0. The number of hydrogen-bond donors (Lipinski definition) is 0. The first-order chi connectivity index (χ1) is 51.6. The molecule has 4 heterocycles. The number of nitrogens with zero attached hydrogens (tertiary/aromatic N) is 4. The standard InChI is InChI=1S/C54H36N2.C46H30N2/c1-4-14-37(15-5-1)42-32-43(38-16-6-2-7-17-38)34-44(33-42)39-24-28-46(29-25-39)56-52-23-13-11-21-48(52)50-36-41(27-31-54(50)56)40-26-30-53-49(35-40)47-20-10-12-22-51(47)55(53)45-18-8-3-9-19-45;1-2-12-37(13-3-1)47-43-16-8-6-14-39(43)41-29-35(22-26-45(41)47)36-23-27-46-42(30-36)40-15-7-9-17-44(40)48(46)38-24-20-32(21-25-38)34-19-18-31-10-4-5-11-33(31)28-34/h1-36H;1-30H. The van der Waals surface area contributed by atoms with Crippen LogP contribution < -0.4 is 0 Å². The van der Waals surface area contributed by atoms with Gasteiger partial charge < -0.3 is 18.3 Å². The summed E-state index contributed by atoms with van der Waals surface area (Å²) >= 11 is 0. The van der Waals surface area contributed by atoms with Crippen molar-refractivity contribution in [2.75, 3.05) is 0 Å². The maximum absolute atomic E-state index is 2.41. The Morgan fingerprint density at radius 2 is 0.346 bits per heavy atom. The molecule has 0 aliphatic heterocycles. The van der Waals surface area contributed by atoms with Gasteiger partial charge in [-0.25, -0.2) is 0 Å². The van der Waals surface area contributed by atoms with Gasteiger partial charge in [0.15, 0.2) is 0 Å². The molecular weight excluding hydrogens is 1260 g/mol. The van der Waals surface area contributed by atoms with Crippen molar-refractivity contribution in [2.24, 2.45) is 0 Å². The van der Waals surface area contributed by atoms with E-state index in [2.05, 4.69) is 419 Å². The highest BCUT2D eigenvalue weighted by molar-refractivity contribution is 6.15. The van der Waals surface area contributed by atoms with Crippen LogP contribution in [0.2, 0.25) is 0 Å². The Hall–Kier alpha value is -13.8. The van der Waals surface area contributed by atoms with Crippen molar-refractivity contribution in [1.82, 2.24) is 18.3 Å². The molecule has 0 N–H and O–H groups in total. The highest BCUT2D eigenvalue weighted by Gasteiger charge is 2.20. The van der Waals surface area contributed by atoms with Crippen LogP contribution in [-0.2, 0) is 0 Å². The summed E-state index contributed by atoms with van der Waals surface area (Å²) in [7, 11) is 0. The summed E-state index contributed by atoms with van der Waals surface area (Å²) in [5.41, 5.74) is 28.9. The fourth-order valence-electron chi connectivity index (χ4n) is 16.2. The normalized spacial score (nSPS) is 11.7. The second kappa shape index (κ2) is 25.1. The molecule has 0 radical (unpaired) electrons. The van der Waals surface area contributed by atoms with E-state index in [1.807, 2.05) is 0 Å². The average Bonchev–Trinajstić information content (AvgIpc) is 1.60. The molecule has 21 aromatic rings. The summed E-state index contributed by atoms with van der Waals surface area (Å²) in [6, 6.07) is 146. The number of fused-ring (bicyclic) bond motifs is 13. The van der Waals surface area contributed by atoms with E-state index < -0.39 is 0 Å². The first kappa shape index (κ1) is 60.2. The SMILES string of the molecule is c1ccc(-c2cc(-c3ccccc3)cc(-c3ccc(-n4c5ccccc5c5cc(-c6ccc7c(c6)c6ccccc6n7-c6ccccc6)ccc54)cc3)c2)cc1.c1ccc(-n2c3ccccc3c3cc(-c4ccc5c(c4)c4ccccc4n5-c4ccc(-c5ccc6ccccc6c5)cc4)ccc32)cc1. The molecule has 0 saturated carbocycles. The van der Waals surface area contributed by atoms with E-state index in [4.69, 9.17) is 0 Å². The number of hydrogen-bond acceptors (Lipinski definition) is 0. The molecule has 17 aromatic carbocycles. The maximum Gasteiger partial charge on any atom is 0.0541 e. The van der Waals surface area contributed by atoms with Gasteiger partial charge in [-0.3, -0.25) is 0 Å². The lowest BCUT2D eigenvalue weighted by molar-refractivity contribution is 1.18. The molecule has 104 heavy (non-hydrogen) atoms. The third-order valence-electron chi connectivity index (χ3n) is 21.2. The van der Waals surface area contributed by atoms with Gasteiger partial charge in [0.25, 0.3) is 0 Å². The van der Waals surface area contributed by atoms with Crippen LogP contribution >= 0.6 is 0 Å². The molecule has 0 amide bonds. The van der Waals surface area contributed by atoms with Gasteiger partial charge in [-0.2, -0.15) is 0 Å². The Balaban J connectivity index is 0.000000140. The van der Waals surface area contributed by atoms with Gasteiger partial charge >= 0.3 is 0 Å². The zero-order chi connectivity index (χ0) is 68.6. The van der Waals surface area contributed by atoms with Crippen LogP contribution in [0.25, 0.3) is 188 Å². The molecule has 4 heteroatoms. The maximum atomic E-state index is 2.41. The molecule has 0 unspecified atom stereocenters. The molecule has 0 spiro atoms. The molecule has 0 atom stereocenters. The van der Waals surface area contributed by atoms with E-state index in [9.17, 15) is 0 Å². The minimum absolute atomic E-state index is 1.14. The minimum Gasteiger partial charge on any atom is -0.309 e. The second-order valence-corrected chi connectivity index (χ2v) is 27.2. The summed E-state index contributed by atoms with van der Waals surface area (Å²) in [4.78, 5) is 0. The van der Waals surface area contributed by atoms with Crippen LogP contribution in [0.5, 0.6) is 0 Å². The van der Waals surface area contributed by atoms with Gasteiger partial charge in [-0.1, -0.05) is 255 Å². The van der Waals surface area contributed by atoms with Crippen LogP contribution in [0.4, 0.5) is 0 Å². The zero-order valence-corrected chi connectivity index (χ0v) is 56.9. The van der Waals surface area contributed by atoms with Gasteiger partial charge in [0, 0.05) is 65.8 Å². The Labute approximate surface area is 602 Å². The van der Waals surface area contributed by atoms with Crippen molar-refractivity contribution < 1.29 is 0 Å². The molecule has 486 valence electrons. The molecule has 21 rings (SSSR count). The average molecular weight is 1320 g/mol. The summed E-state index contributed by atoms with van der Waals surface area (Å²) < 4.78 is 9.55. The largest absolute Gasteiger partial charge is 0.309 e. The van der Waals surface area contributed by atoms with E-state index >= 15 is 0 Å². The lowest BCUT2D eigenvalue weighted by Crippen LogP contribution is -1.94. The quantitative estimate of drug-likeness (QED) is 0.130. The molecule has 4 nitrogen and oxygen atoms in total. The fourth-order valence-corrected chi connectivity index (χ4v) is 16.2. The molecule has 0 saturated heterocycles. The summed E-state index contributed by atoms with van der Waals surface area (Å²) in [5, 5.41) is 12.6. The molecule has 0 bridgehead atoms. The van der Waals surface area contributed by atoms with E-state index in [0.717, 1.165) is 11.4 Å². The number of aromatic nitrogens is 4. The van der Waals surface area contributed by atoms with E-state index in [1.54, 1.807) is 0 Å². The van der Waals surface area contributed by atoms with Crippen LogP contribution in [0.3, 0.4) is 0 Å². The Morgan fingerprint density at radius 3 is 0.692 bits per heavy atom. The van der Waals surface area contributed by atoms with Crippen molar-refractivity contribution >= 4 is 98.0 Å². The van der Waals surface area contributed by atoms with Gasteiger partial charge in [0.05, 0.1) is 44.1 Å². The first-order valence-corrected chi connectivity index (χ1v) is 35.8. The topological polar surface area (TPSA) is 19.7 Å². The van der Waals surface area contributed by atoms with Crippen LogP contribution in [0.15, 0.2) is 400 Å². The monoisotopic (exact) mass is 1320 g/mol. The first-order valence-electron chi connectivity index (χ1n) is 35.8. The molecule has 0 aliphatic carbocycles. The second-order valence-electron chi connectivity index (χ2n) is 27.2. The number of benzene rings is 17. The van der Waals surface area contributed by atoms with Gasteiger partial charge in [0.1, 0.15) is 0 Å². The third kappa shape index (κ3) is 10.4. The third-order valence-corrected chi connectivity index (χ3v) is 21.2. The fraction of sp³-hybridized carbons (Fsp3) is 0. The van der Waals surface area contributed by atoms with Crippen molar-refractivity contribution in [2.45, 2.75) is 0 Å². The van der Waals surface area contributed by atoms with E-state index in [0.29, 0.717) is 0 Å². The Bertz CT molecular complexity index is 6800. The Kier molecular flexibility index (Phi) is 14.5. The van der Waals surface area contributed by atoms with Crippen molar-refractivity contribution in [3.05, 3.63) is 400 Å². The zero-order valence-electron chi connectivity index (χ0n) is 56.9. The summed E-state index contributed by atoms with van der Waals surface area (Å²) in [6.07, 6.45) is 0. The lowest BCUT2D eigenvalue weighted by Gasteiger charge is -2.13. The highest BCUT2D eigenvalue weighted by Crippen LogP contribution is 2.43. The summed E-state index contributed by atoms with van der Waals surface area (Å²) in [6.45, 7) is 0. The van der Waals surface area contributed by atoms with Crippen LogP contribution in [-0.4, -0.2) is 18.3 Å². The van der Waals surface area contributed by atoms with Gasteiger partial charge in [-0.05, 0) is 223 Å². The smallest absolute Gasteiger partial charge is 0.0541 e. The van der Waals surface area contributed by atoms with E-state index in [-0.39, 0.29) is 0 Å². The van der Waals surface area contributed by atoms with E-state index in [1.165, 1.54) is 176 Å². The molecule has 0 fully saturated rings. The number of rotatable bonds is 10. The van der Waals surface area contributed by atoms with Crippen molar-refractivity contribution in [3.63, 3.8) is 0 Å². The predicted molar refractivity (Wildman–Crippen MR) is 440 cm³/mol. The minimum atomic E-state index is 1.14. The van der Waals surface area contributed by atoms with Crippen LogP contribution in [0, 0.1) is 0 Å². The van der Waals surface area contributed by atoms with Gasteiger partial charge in [-0.15, -0.1) is 0 Å². The summed E-state index contributed by atoms with van der Waals surface area (Å²) in [5.74, 6) is 0. The Morgan fingerprint density at radius 1 is 0.115 bits per heavy atom. The molecule has 0 aliphatic rings. The molecule has 4 aromatic heterocycles. The van der Waals surface area contributed by atoms with Crippen molar-refractivity contribution in [1.29, 1.82) is 0 Å². The van der Waals surface area contributed by atoms with Gasteiger partial charge in [0.2, 0.25) is 0 Å². The lowest BCUT2D eigenvalue weighted by atomic mass is 9.93. The van der Waals surface area contributed by atoms with Crippen molar-refractivity contribution in [3.8, 4) is 89.5 Å². The number of para-hydroxylation sites is 6.